The van der Waals surface area contributed by atoms with Crippen molar-refractivity contribution in [3.63, 3.8) is 0 Å². The fourth-order valence-electron chi connectivity index (χ4n) is 1.86. The molecule has 0 saturated carbocycles. The van der Waals surface area contributed by atoms with Crippen LogP contribution in [0.1, 0.15) is 32.6 Å². The van der Waals surface area contributed by atoms with Crippen LogP contribution in [-0.2, 0) is 4.79 Å². The average Bonchev–Trinajstić information content (AvgIpc) is 2.29. The van der Waals surface area contributed by atoms with Gasteiger partial charge in [-0.2, -0.15) is 5.26 Å². The van der Waals surface area contributed by atoms with E-state index in [1.165, 1.54) is 6.42 Å². The number of carbonyl (C=O) groups is 1. The van der Waals surface area contributed by atoms with Gasteiger partial charge in [0.2, 0.25) is 5.91 Å². The minimum Gasteiger partial charge on any atom is -0.343 e. The van der Waals surface area contributed by atoms with Gasteiger partial charge >= 0.3 is 0 Å². The molecule has 15 heavy (non-hydrogen) atoms. The fourth-order valence-corrected chi connectivity index (χ4v) is 1.86. The first-order valence-electron chi connectivity index (χ1n) is 5.68. The monoisotopic (exact) mass is 209 g/mol. The zero-order valence-electron chi connectivity index (χ0n) is 9.33. The number of piperidine rings is 1. The maximum absolute atomic E-state index is 11.8. The molecule has 1 amide bonds. The number of hydrogen-bond acceptors (Lipinski definition) is 3. The molecule has 84 valence electrons. The molecule has 1 unspecified atom stereocenters. The predicted molar refractivity (Wildman–Crippen MR) is 58.1 cm³/mol. The molecule has 0 aromatic heterocycles. The smallest absolute Gasteiger partial charge is 0.225 e. The van der Waals surface area contributed by atoms with E-state index in [1.54, 1.807) is 0 Å². The van der Waals surface area contributed by atoms with Crippen LogP contribution in [0.3, 0.4) is 0 Å². The van der Waals surface area contributed by atoms with Gasteiger partial charge in [-0.25, -0.2) is 0 Å². The third-order valence-corrected chi connectivity index (χ3v) is 2.69. The van der Waals surface area contributed by atoms with Crippen molar-refractivity contribution in [2.75, 3.05) is 19.6 Å². The van der Waals surface area contributed by atoms with Crippen LogP contribution >= 0.6 is 0 Å². The Kier molecular flexibility index (Phi) is 5.13. The lowest BCUT2D eigenvalue weighted by Crippen LogP contribution is -2.40. The number of nitrogens with one attached hydrogen (secondary N) is 1. The van der Waals surface area contributed by atoms with E-state index < -0.39 is 0 Å². The van der Waals surface area contributed by atoms with Crippen LogP contribution in [-0.4, -0.2) is 36.5 Å². The Morgan fingerprint density at radius 1 is 1.47 bits per heavy atom. The van der Waals surface area contributed by atoms with E-state index in [9.17, 15) is 4.79 Å². The Labute approximate surface area is 91.2 Å². The second kappa shape index (κ2) is 6.41. The Bertz CT molecular complexity index is 241. The quantitative estimate of drug-likeness (QED) is 0.748. The number of carbonyl (C=O) groups excluding carboxylic acids is 1. The molecule has 1 fully saturated rings. The molecule has 0 aromatic rings. The van der Waals surface area contributed by atoms with E-state index in [0.29, 0.717) is 6.42 Å². The third kappa shape index (κ3) is 3.88. The van der Waals surface area contributed by atoms with Crippen LogP contribution in [0.25, 0.3) is 0 Å². The number of amides is 1. The lowest BCUT2D eigenvalue weighted by molar-refractivity contribution is -0.132. The number of rotatable bonds is 4. The highest BCUT2D eigenvalue weighted by molar-refractivity contribution is 5.77. The van der Waals surface area contributed by atoms with Gasteiger partial charge in [-0.05, 0) is 25.8 Å². The molecule has 1 rings (SSSR count). The van der Waals surface area contributed by atoms with E-state index in [-0.39, 0.29) is 11.9 Å². The van der Waals surface area contributed by atoms with Gasteiger partial charge in [0.1, 0.15) is 6.04 Å². The zero-order chi connectivity index (χ0) is 11.1. The Morgan fingerprint density at radius 2 is 2.13 bits per heavy atom. The van der Waals surface area contributed by atoms with Crippen molar-refractivity contribution in [3.05, 3.63) is 0 Å². The number of nitriles is 1. The van der Waals surface area contributed by atoms with Crippen LogP contribution in [0, 0.1) is 11.3 Å². The van der Waals surface area contributed by atoms with Crippen molar-refractivity contribution in [2.45, 2.75) is 38.6 Å². The van der Waals surface area contributed by atoms with E-state index in [4.69, 9.17) is 5.26 Å². The number of hydrogen-bond donors (Lipinski definition) is 1. The van der Waals surface area contributed by atoms with Crippen molar-refractivity contribution in [2.24, 2.45) is 0 Å². The van der Waals surface area contributed by atoms with Gasteiger partial charge in [-0.1, -0.05) is 6.92 Å². The van der Waals surface area contributed by atoms with Gasteiger partial charge in [0.25, 0.3) is 0 Å². The highest BCUT2D eigenvalue weighted by Crippen LogP contribution is 2.10. The third-order valence-electron chi connectivity index (χ3n) is 2.69. The summed E-state index contributed by atoms with van der Waals surface area (Å²) in [4.78, 5) is 13.7. The Morgan fingerprint density at radius 3 is 2.67 bits per heavy atom. The molecule has 1 aliphatic rings. The topological polar surface area (TPSA) is 56.1 Å². The number of likely N-dealkylation sites (tertiary alicyclic amines) is 1. The van der Waals surface area contributed by atoms with Crippen molar-refractivity contribution in [3.8, 4) is 6.07 Å². The molecule has 1 saturated heterocycles. The first-order valence-corrected chi connectivity index (χ1v) is 5.68. The first kappa shape index (κ1) is 12.0. The molecule has 0 aromatic carbocycles. The lowest BCUT2D eigenvalue weighted by Gasteiger charge is -2.27. The van der Waals surface area contributed by atoms with Crippen LogP contribution in [0.4, 0.5) is 0 Å². The molecule has 1 atom stereocenters. The van der Waals surface area contributed by atoms with Crippen LogP contribution in [0.2, 0.25) is 0 Å². The van der Waals surface area contributed by atoms with Crippen LogP contribution < -0.4 is 5.32 Å². The first-order chi connectivity index (χ1) is 7.27. The summed E-state index contributed by atoms with van der Waals surface area (Å²) in [5, 5.41) is 11.8. The molecule has 0 bridgehead atoms. The summed E-state index contributed by atoms with van der Waals surface area (Å²) >= 11 is 0. The van der Waals surface area contributed by atoms with Crippen LogP contribution in [0.15, 0.2) is 0 Å². The highest BCUT2D eigenvalue weighted by atomic mass is 16.2. The highest BCUT2D eigenvalue weighted by Gasteiger charge is 2.19. The van der Waals surface area contributed by atoms with E-state index >= 15 is 0 Å². The van der Waals surface area contributed by atoms with Crippen molar-refractivity contribution in [1.29, 1.82) is 5.26 Å². The van der Waals surface area contributed by atoms with Crippen molar-refractivity contribution in [1.82, 2.24) is 10.2 Å². The average molecular weight is 209 g/mol. The van der Waals surface area contributed by atoms with Gasteiger partial charge in [0.05, 0.1) is 12.5 Å². The van der Waals surface area contributed by atoms with Crippen molar-refractivity contribution < 1.29 is 4.79 Å². The van der Waals surface area contributed by atoms with Gasteiger partial charge < -0.3 is 10.2 Å². The van der Waals surface area contributed by atoms with Gasteiger partial charge in [0.15, 0.2) is 0 Å². The minimum absolute atomic E-state index is 0.113. The summed E-state index contributed by atoms with van der Waals surface area (Å²) < 4.78 is 0. The second-order valence-electron chi connectivity index (χ2n) is 3.88. The molecular weight excluding hydrogens is 190 g/mol. The summed E-state index contributed by atoms with van der Waals surface area (Å²) in [6, 6.07) is 1.79. The lowest BCUT2D eigenvalue weighted by atomic mass is 10.1. The molecule has 0 aliphatic carbocycles. The predicted octanol–water partition coefficient (Wildman–Crippen LogP) is 0.891. The van der Waals surface area contributed by atoms with E-state index in [1.807, 2.05) is 11.8 Å². The van der Waals surface area contributed by atoms with Gasteiger partial charge in [-0.3, -0.25) is 4.79 Å². The SMILES string of the molecule is CCNC(C#N)CC(=O)N1CCCCC1. The van der Waals surface area contributed by atoms with Gasteiger partial charge in [-0.15, -0.1) is 0 Å². The van der Waals surface area contributed by atoms with E-state index in [2.05, 4.69) is 11.4 Å². The maximum Gasteiger partial charge on any atom is 0.225 e. The molecule has 1 aliphatic heterocycles. The summed E-state index contributed by atoms with van der Waals surface area (Å²) in [5.41, 5.74) is 0. The summed E-state index contributed by atoms with van der Waals surface area (Å²) in [7, 11) is 0. The van der Waals surface area contributed by atoms with Gasteiger partial charge in [0, 0.05) is 13.1 Å². The summed E-state index contributed by atoms with van der Waals surface area (Å²) in [6.45, 7) is 4.40. The molecule has 1 N–H and O–H groups in total. The zero-order valence-corrected chi connectivity index (χ0v) is 9.33. The molecule has 4 nitrogen and oxygen atoms in total. The summed E-state index contributed by atoms with van der Waals surface area (Å²) in [5.74, 6) is 0.113. The number of nitrogens with zero attached hydrogens (tertiary/aromatic N) is 2. The molecular formula is C11H19N3O. The fraction of sp³-hybridized carbons (Fsp3) is 0.818. The Hall–Kier alpha value is -1.08. The van der Waals surface area contributed by atoms with Crippen LogP contribution in [0.5, 0.6) is 0 Å². The minimum atomic E-state index is -0.329. The maximum atomic E-state index is 11.8. The standard InChI is InChI=1S/C11H19N3O/c1-2-13-10(9-12)8-11(15)14-6-4-3-5-7-14/h10,13H,2-8H2,1H3. The second-order valence-corrected chi connectivity index (χ2v) is 3.88. The molecule has 1 heterocycles. The van der Waals surface area contributed by atoms with E-state index in [0.717, 1.165) is 32.5 Å². The molecule has 4 heteroatoms. The Balaban J connectivity index is 2.36. The largest absolute Gasteiger partial charge is 0.343 e. The van der Waals surface area contributed by atoms with Crippen molar-refractivity contribution >= 4 is 5.91 Å². The summed E-state index contributed by atoms with van der Waals surface area (Å²) in [6.07, 6.45) is 3.73. The normalized spacial score (nSPS) is 18.3. The molecule has 0 radical (unpaired) electrons. The molecule has 0 spiro atoms.